The number of nitrogens with zero attached hydrogens (tertiary/aromatic N) is 4. The van der Waals surface area contributed by atoms with Gasteiger partial charge in [0.2, 0.25) is 5.91 Å². The van der Waals surface area contributed by atoms with E-state index < -0.39 is 52.7 Å². The highest BCUT2D eigenvalue weighted by Gasteiger charge is 2.44. The van der Waals surface area contributed by atoms with Gasteiger partial charge in [0, 0.05) is 33.3 Å². The number of anilines is 1. The first kappa shape index (κ1) is 24.3. The molecule has 0 fully saturated rings. The number of carbonyl (C=O) groups is 4. The Kier molecular flexibility index (Phi) is 6.89. The van der Waals surface area contributed by atoms with Crippen LogP contribution < -0.4 is 5.32 Å². The lowest BCUT2D eigenvalue weighted by Gasteiger charge is -2.26. The average molecular weight is 475 g/mol. The van der Waals surface area contributed by atoms with E-state index in [0.717, 1.165) is 26.4 Å². The van der Waals surface area contributed by atoms with E-state index in [1.54, 1.807) is 0 Å². The number of fused-ring (bicyclic) bond motifs is 1. The maximum Gasteiger partial charge on any atom is 0.303 e. The predicted octanol–water partition coefficient (Wildman–Crippen LogP) is 1.21. The number of hydrogen-bond donors (Lipinski definition) is 1. The van der Waals surface area contributed by atoms with Crippen LogP contribution in [-0.4, -0.2) is 62.1 Å². The number of rotatable bonds is 7. The molecule has 0 spiro atoms. The largest absolute Gasteiger partial charge is 0.461 e. The average Bonchev–Trinajstić information content (AvgIpc) is 3.25. The lowest BCUT2D eigenvalue weighted by atomic mass is 10.1. The Morgan fingerprint density at radius 3 is 2.32 bits per heavy atom. The summed E-state index contributed by atoms with van der Waals surface area (Å²) in [7, 11) is 0. The van der Waals surface area contributed by atoms with Crippen LogP contribution in [0.1, 0.15) is 33.7 Å². The number of hydrogen-bond acceptors (Lipinski definition) is 11. The Morgan fingerprint density at radius 2 is 1.76 bits per heavy atom. The summed E-state index contributed by atoms with van der Waals surface area (Å²) >= 11 is 0. The van der Waals surface area contributed by atoms with Gasteiger partial charge in [-0.25, -0.2) is 9.97 Å². The molecule has 3 rings (SSSR count). The second kappa shape index (κ2) is 9.64. The fraction of sp³-hybridized carbons (Fsp3) is 0.400. The van der Waals surface area contributed by atoms with Crippen LogP contribution in [0.5, 0.6) is 0 Å². The van der Waals surface area contributed by atoms with Crippen LogP contribution in [-0.2, 0) is 33.4 Å². The van der Waals surface area contributed by atoms with Crippen LogP contribution in [0.15, 0.2) is 24.2 Å². The third-order valence-electron chi connectivity index (χ3n) is 4.82. The summed E-state index contributed by atoms with van der Waals surface area (Å²) in [5.74, 6) is -2.56. The first-order valence-corrected chi connectivity index (χ1v) is 9.95. The molecule has 2 aromatic heterocycles. The van der Waals surface area contributed by atoms with E-state index in [2.05, 4.69) is 15.3 Å². The zero-order valence-corrected chi connectivity index (χ0v) is 18.6. The molecule has 1 aliphatic rings. The van der Waals surface area contributed by atoms with Crippen molar-refractivity contribution in [3.05, 3.63) is 34.3 Å². The number of carbonyl (C=O) groups excluding carboxylic acids is 4. The molecule has 3 atom stereocenters. The maximum atomic E-state index is 11.9. The highest BCUT2D eigenvalue weighted by Crippen LogP contribution is 2.40. The van der Waals surface area contributed by atoms with Crippen molar-refractivity contribution >= 4 is 46.4 Å². The normalized spacial score (nSPS) is 19.3. The van der Waals surface area contributed by atoms with Crippen LogP contribution in [0.3, 0.4) is 0 Å². The molecule has 14 nitrogen and oxygen atoms in total. The van der Waals surface area contributed by atoms with Gasteiger partial charge in [-0.15, -0.1) is 0 Å². The standard InChI is InChI=1S/C20H21N5O9/c1-9(26)23-19-16-15(25(30)31)6-24(20(16)22-8-21-19)14-5-13(7-32-10(2)27)17(33-11(3)28)18(14)34-12(4)29/h5-6,8,14,17-18H,7H2,1-4H3,(H,21,22,23,26)/t14-,17+,18?/m1/s1. The minimum Gasteiger partial charge on any atom is -0.461 e. The summed E-state index contributed by atoms with van der Waals surface area (Å²) in [6.07, 6.45) is 1.51. The Balaban J connectivity index is 2.21. The molecule has 14 heteroatoms. The Bertz CT molecular complexity index is 1220. The van der Waals surface area contributed by atoms with Gasteiger partial charge in [-0.3, -0.25) is 29.3 Å². The molecule has 0 radical (unpaired) electrons. The number of nitro groups is 1. The number of amides is 1. The van der Waals surface area contributed by atoms with E-state index >= 15 is 0 Å². The molecule has 34 heavy (non-hydrogen) atoms. The molecule has 0 saturated carbocycles. The van der Waals surface area contributed by atoms with Crippen LogP contribution in [0.25, 0.3) is 11.0 Å². The molecule has 0 aromatic carbocycles. The predicted molar refractivity (Wildman–Crippen MR) is 113 cm³/mol. The van der Waals surface area contributed by atoms with E-state index in [9.17, 15) is 29.3 Å². The molecule has 1 aliphatic carbocycles. The van der Waals surface area contributed by atoms with Crippen molar-refractivity contribution in [2.45, 2.75) is 45.9 Å². The van der Waals surface area contributed by atoms with Gasteiger partial charge in [0.25, 0.3) is 5.69 Å². The smallest absolute Gasteiger partial charge is 0.303 e. The summed E-state index contributed by atoms with van der Waals surface area (Å²) in [6.45, 7) is 4.46. The number of ether oxygens (including phenoxy) is 3. The van der Waals surface area contributed by atoms with Gasteiger partial charge in [0.05, 0.1) is 17.2 Å². The topological polar surface area (TPSA) is 182 Å². The van der Waals surface area contributed by atoms with Crippen molar-refractivity contribution in [1.82, 2.24) is 14.5 Å². The summed E-state index contributed by atoms with van der Waals surface area (Å²) in [6, 6.07) is -0.935. The molecule has 0 aliphatic heterocycles. The van der Waals surface area contributed by atoms with Crippen molar-refractivity contribution in [3.8, 4) is 0 Å². The minimum atomic E-state index is -1.15. The SMILES string of the molecule is CC(=O)Nc1ncnc2c1c([N+](=O)[O-])cn2[C@@H]1C=C(COC(C)=O)[C@H](OC(C)=O)C1OC(C)=O. The van der Waals surface area contributed by atoms with Gasteiger partial charge in [-0.1, -0.05) is 6.08 Å². The summed E-state index contributed by atoms with van der Waals surface area (Å²) in [5.41, 5.74) is -0.0479. The van der Waals surface area contributed by atoms with E-state index in [0.29, 0.717) is 5.57 Å². The van der Waals surface area contributed by atoms with Gasteiger partial charge >= 0.3 is 17.9 Å². The monoisotopic (exact) mass is 475 g/mol. The Hall–Kier alpha value is -4.36. The summed E-state index contributed by atoms with van der Waals surface area (Å²) < 4.78 is 17.2. The zero-order valence-electron chi connectivity index (χ0n) is 18.6. The fourth-order valence-corrected chi connectivity index (χ4v) is 3.69. The molecule has 0 saturated heterocycles. The molecule has 180 valence electrons. The second-order valence-corrected chi connectivity index (χ2v) is 7.40. The lowest BCUT2D eigenvalue weighted by Crippen LogP contribution is -2.37. The molecule has 0 bridgehead atoms. The van der Waals surface area contributed by atoms with Gasteiger partial charge in [0.1, 0.15) is 18.3 Å². The molecule has 2 heterocycles. The number of nitrogens with one attached hydrogen (secondary N) is 1. The van der Waals surface area contributed by atoms with Crippen LogP contribution in [0.4, 0.5) is 11.5 Å². The van der Waals surface area contributed by atoms with E-state index in [4.69, 9.17) is 14.2 Å². The van der Waals surface area contributed by atoms with Gasteiger partial charge in [-0.2, -0.15) is 0 Å². The van der Waals surface area contributed by atoms with Crippen molar-refractivity contribution in [3.63, 3.8) is 0 Å². The molecule has 1 N–H and O–H groups in total. The van der Waals surface area contributed by atoms with Crippen molar-refractivity contribution in [2.75, 3.05) is 11.9 Å². The molecular formula is C20H21N5O9. The quantitative estimate of drug-likeness (QED) is 0.200. The first-order valence-electron chi connectivity index (χ1n) is 9.95. The fourth-order valence-electron chi connectivity index (χ4n) is 3.69. The van der Waals surface area contributed by atoms with Crippen molar-refractivity contribution < 1.29 is 38.3 Å². The van der Waals surface area contributed by atoms with Crippen LogP contribution in [0.2, 0.25) is 0 Å². The van der Waals surface area contributed by atoms with Crippen molar-refractivity contribution in [2.24, 2.45) is 0 Å². The summed E-state index contributed by atoms with van der Waals surface area (Å²) in [5, 5.41) is 14.2. The highest BCUT2D eigenvalue weighted by atomic mass is 16.6. The molecule has 1 unspecified atom stereocenters. The number of esters is 3. The van der Waals surface area contributed by atoms with E-state index in [-0.39, 0.29) is 23.5 Å². The summed E-state index contributed by atoms with van der Waals surface area (Å²) in [4.78, 5) is 65.7. The lowest BCUT2D eigenvalue weighted by molar-refractivity contribution is -0.383. The van der Waals surface area contributed by atoms with E-state index in [1.165, 1.54) is 24.5 Å². The first-order chi connectivity index (χ1) is 16.0. The third-order valence-corrected chi connectivity index (χ3v) is 4.82. The highest BCUT2D eigenvalue weighted by molar-refractivity contribution is 6.02. The second-order valence-electron chi connectivity index (χ2n) is 7.40. The van der Waals surface area contributed by atoms with Crippen LogP contribution >= 0.6 is 0 Å². The van der Waals surface area contributed by atoms with Gasteiger partial charge < -0.3 is 24.1 Å². The number of aromatic nitrogens is 3. The Labute approximate surface area is 192 Å². The van der Waals surface area contributed by atoms with Crippen molar-refractivity contribution in [1.29, 1.82) is 0 Å². The van der Waals surface area contributed by atoms with Gasteiger partial charge in [-0.05, 0) is 0 Å². The molecular weight excluding hydrogens is 454 g/mol. The molecule has 2 aromatic rings. The van der Waals surface area contributed by atoms with E-state index in [1.807, 2.05) is 0 Å². The molecule has 1 amide bonds. The van der Waals surface area contributed by atoms with Gasteiger partial charge in [0.15, 0.2) is 23.7 Å². The van der Waals surface area contributed by atoms with Crippen LogP contribution in [0, 0.1) is 10.1 Å². The third kappa shape index (κ3) is 5.00. The maximum absolute atomic E-state index is 11.9. The Morgan fingerprint density at radius 1 is 1.09 bits per heavy atom. The minimum absolute atomic E-state index is 0.0462. The zero-order chi connectivity index (χ0) is 25.2.